The van der Waals surface area contributed by atoms with E-state index in [2.05, 4.69) is 55.0 Å². The van der Waals surface area contributed by atoms with E-state index in [-0.39, 0.29) is 5.54 Å². The molecule has 74 valence electrons. The minimum absolute atomic E-state index is 0.199. The van der Waals surface area contributed by atoms with E-state index in [4.69, 9.17) is 0 Å². The summed E-state index contributed by atoms with van der Waals surface area (Å²) in [6.45, 7) is 9.63. The fourth-order valence-electron chi connectivity index (χ4n) is 0.963. The molecule has 0 radical (unpaired) electrons. The predicted molar refractivity (Wildman–Crippen MR) is 63.3 cm³/mol. The van der Waals surface area contributed by atoms with E-state index >= 15 is 0 Å². The minimum Gasteiger partial charge on any atom is -0.307 e. The Kier molecular flexibility index (Phi) is 3.55. The molecule has 1 rings (SSSR count). The maximum atomic E-state index is 3.53. The summed E-state index contributed by atoms with van der Waals surface area (Å²) in [6, 6.07) is 2.23. The van der Waals surface area contributed by atoms with Gasteiger partial charge in [0.25, 0.3) is 0 Å². The Morgan fingerprint density at radius 3 is 2.46 bits per heavy atom. The van der Waals surface area contributed by atoms with Gasteiger partial charge >= 0.3 is 0 Å². The summed E-state index contributed by atoms with van der Waals surface area (Å²) in [5.74, 6) is 0. The van der Waals surface area contributed by atoms with Crippen LogP contribution < -0.4 is 5.32 Å². The van der Waals surface area contributed by atoms with Crippen molar-refractivity contribution in [3.8, 4) is 0 Å². The van der Waals surface area contributed by atoms with Crippen molar-refractivity contribution in [2.24, 2.45) is 0 Å². The SMILES string of the molecule is Cc1cc(CNC(C)(C)C)sc1Br. The summed E-state index contributed by atoms with van der Waals surface area (Å²) in [4.78, 5) is 1.39. The van der Waals surface area contributed by atoms with Crippen LogP contribution in [0.1, 0.15) is 31.2 Å². The van der Waals surface area contributed by atoms with Gasteiger partial charge in [0.2, 0.25) is 0 Å². The van der Waals surface area contributed by atoms with E-state index in [1.807, 2.05) is 11.3 Å². The van der Waals surface area contributed by atoms with Crippen LogP contribution in [0.4, 0.5) is 0 Å². The van der Waals surface area contributed by atoms with Crippen LogP contribution in [-0.2, 0) is 6.54 Å². The molecular formula is C10H16BrNS. The van der Waals surface area contributed by atoms with Crippen LogP contribution in [0.5, 0.6) is 0 Å². The lowest BCUT2D eigenvalue weighted by Crippen LogP contribution is -2.34. The molecule has 0 aromatic carbocycles. The van der Waals surface area contributed by atoms with Crippen LogP contribution in [0.3, 0.4) is 0 Å². The molecule has 0 saturated carbocycles. The number of thiophene rings is 1. The second kappa shape index (κ2) is 4.11. The van der Waals surface area contributed by atoms with Gasteiger partial charge in [-0.25, -0.2) is 0 Å². The quantitative estimate of drug-likeness (QED) is 0.856. The highest BCUT2D eigenvalue weighted by Gasteiger charge is 2.09. The average molecular weight is 262 g/mol. The highest BCUT2D eigenvalue weighted by atomic mass is 79.9. The largest absolute Gasteiger partial charge is 0.307 e. The van der Waals surface area contributed by atoms with Gasteiger partial charge in [0.15, 0.2) is 0 Å². The summed E-state index contributed by atoms with van der Waals surface area (Å²) in [5.41, 5.74) is 1.53. The van der Waals surface area contributed by atoms with Crippen LogP contribution in [0.25, 0.3) is 0 Å². The Labute approximate surface area is 92.7 Å². The maximum absolute atomic E-state index is 3.53. The number of hydrogen-bond donors (Lipinski definition) is 1. The van der Waals surface area contributed by atoms with E-state index in [1.165, 1.54) is 14.2 Å². The van der Waals surface area contributed by atoms with Gasteiger partial charge in [-0.3, -0.25) is 0 Å². The van der Waals surface area contributed by atoms with E-state index in [0.717, 1.165) is 6.54 Å². The monoisotopic (exact) mass is 261 g/mol. The highest BCUT2D eigenvalue weighted by molar-refractivity contribution is 9.11. The number of aryl methyl sites for hydroxylation is 1. The van der Waals surface area contributed by atoms with E-state index < -0.39 is 0 Å². The highest BCUT2D eigenvalue weighted by Crippen LogP contribution is 2.27. The maximum Gasteiger partial charge on any atom is 0.0730 e. The third-order valence-electron chi connectivity index (χ3n) is 1.70. The predicted octanol–water partition coefficient (Wildman–Crippen LogP) is 3.71. The zero-order valence-electron chi connectivity index (χ0n) is 8.57. The first-order valence-electron chi connectivity index (χ1n) is 4.38. The van der Waals surface area contributed by atoms with Gasteiger partial charge < -0.3 is 5.32 Å². The molecule has 0 fully saturated rings. The zero-order chi connectivity index (χ0) is 10.1. The first-order chi connectivity index (χ1) is 5.88. The van der Waals surface area contributed by atoms with Crippen molar-refractivity contribution in [1.82, 2.24) is 5.32 Å². The van der Waals surface area contributed by atoms with E-state index in [1.54, 1.807) is 0 Å². The molecule has 0 atom stereocenters. The minimum atomic E-state index is 0.199. The van der Waals surface area contributed by atoms with Crippen molar-refractivity contribution in [2.75, 3.05) is 0 Å². The van der Waals surface area contributed by atoms with Gasteiger partial charge in [-0.05, 0) is 55.3 Å². The number of hydrogen-bond acceptors (Lipinski definition) is 2. The fourth-order valence-corrected chi connectivity index (χ4v) is 2.53. The molecule has 1 aromatic heterocycles. The van der Waals surface area contributed by atoms with Gasteiger partial charge in [-0.15, -0.1) is 11.3 Å². The third kappa shape index (κ3) is 3.79. The summed E-state index contributed by atoms with van der Waals surface area (Å²) in [6.07, 6.45) is 0. The molecule has 0 unspecified atom stereocenters. The first kappa shape index (κ1) is 11.2. The van der Waals surface area contributed by atoms with Gasteiger partial charge in [0.1, 0.15) is 0 Å². The van der Waals surface area contributed by atoms with Crippen molar-refractivity contribution in [1.29, 1.82) is 0 Å². The summed E-state index contributed by atoms with van der Waals surface area (Å²) in [7, 11) is 0. The summed E-state index contributed by atoms with van der Waals surface area (Å²) >= 11 is 5.34. The number of halogens is 1. The lowest BCUT2D eigenvalue weighted by Gasteiger charge is -2.19. The van der Waals surface area contributed by atoms with Crippen molar-refractivity contribution < 1.29 is 0 Å². The Bertz CT molecular complexity index is 266. The van der Waals surface area contributed by atoms with Crippen LogP contribution in [0, 0.1) is 6.92 Å². The van der Waals surface area contributed by atoms with Gasteiger partial charge in [0.05, 0.1) is 3.79 Å². The van der Waals surface area contributed by atoms with Gasteiger partial charge in [-0.1, -0.05) is 0 Å². The van der Waals surface area contributed by atoms with Crippen LogP contribution >= 0.6 is 27.3 Å². The Morgan fingerprint density at radius 1 is 1.46 bits per heavy atom. The molecule has 0 bridgehead atoms. The summed E-state index contributed by atoms with van der Waals surface area (Å²) < 4.78 is 1.25. The number of rotatable bonds is 2. The Morgan fingerprint density at radius 2 is 2.08 bits per heavy atom. The van der Waals surface area contributed by atoms with Crippen molar-refractivity contribution in [3.05, 3.63) is 20.3 Å². The van der Waals surface area contributed by atoms with Crippen molar-refractivity contribution in [2.45, 2.75) is 39.8 Å². The van der Waals surface area contributed by atoms with Crippen molar-refractivity contribution in [3.63, 3.8) is 0 Å². The molecule has 0 aliphatic carbocycles. The second-order valence-electron chi connectivity index (χ2n) is 4.27. The Hall–Kier alpha value is 0.140. The summed E-state index contributed by atoms with van der Waals surface area (Å²) in [5, 5.41) is 3.47. The van der Waals surface area contributed by atoms with E-state index in [9.17, 15) is 0 Å². The molecule has 0 saturated heterocycles. The normalized spacial score (nSPS) is 12.1. The molecule has 0 aliphatic rings. The standard InChI is InChI=1S/C10H16BrNS/c1-7-5-8(13-9(7)11)6-12-10(2,3)4/h5,12H,6H2,1-4H3. The smallest absolute Gasteiger partial charge is 0.0730 e. The molecule has 0 spiro atoms. The Balaban J connectivity index is 2.56. The number of nitrogens with one attached hydrogen (secondary N) is 1. The molecule has 13 heavy (non-hydrogen) atoms. The van der Waals surface area contributed by atoms with E-state index in [0.29, 0.717) is 0 Å². The third-order valence-corrected chi connectivity index (χ3v) is 3.84. The molecule has 0 aliphatic heterocycles. The molecule has 1 nitrogen and oxygen atoms in total. The molecule has 1 N–H and O–H groups in total. The molecule has 3 heteroatoms. The van der Waals surface area contributed by atoms with Crippen LogP contribution in [0.15, 0.2) is 9.85 Å². The van der Waals surface area contributed by atoms with Crippen LogP contribution in [0.2, 0.25) is 0 Å². The molecule has 0 amide bonds. The second-order valence-corrected chi connectivity index (χ2v) is 6.73. The fraction of sp³-hybridized carbons (Fsp3) is 0.600. The lowest BCUT2D eigenvalue weighted by atomic mass is 10.1. The zero-order valence-corrected chi connectivity index (χ0v) is 11.0. The molecular weight excluding hydrogens is 246 g/mol. The van der Waals surface area contributed by atoms with Gasteiger partial charge in [0, 0.05) is 17.0 Å². The average Bonchev–Trinajstić information content (AvgIpc) is 2.27. The molecule has 1 aromatic rings. The lowest BCUT2D eigenvalue weighted by molar-refractivity contribution is 0.426. The van der Waals surface area contributed by atoms with Crippen LogP contribution in [-0.4, -0.2) is 5.54 Å². The first-order valence-corrected chi connectivity index (χ1v) is 5.99. The topological polar surface area (TPSA) is 12.0 Å². The molecule has 1 heterocycles. The van der Waals surface area contributed by atoms with Crippen molar-refractivity contribution >= 4 is 27.3 Å². The van der Waals surface area contributed by atoms with Gasteiger partial charge in [-0.2, -0.15) is 0 Å².